The van der Waals surface area contributed by atoms with E-state index in [1.54, 1.807) is 0 Å². The Balaban J connectivity index is 0.00000131. The number of nitrogens with zero attached hydrogens (tertiary/aromatic N) is 2. The lowest BCUT2D eigenvalue weighted by molar-refractivity contribution is 0.823. The quantitative estimate of drug-likeness (QED) is 0.553. The topological polar surface area (TPSA) is 101 Å². The molecular formula is C22H24ClN3O2. The van der Waals surface area contributed by atoms with Crippen molar-refractivity contribution < 1.29 is 11.0 Å². The number of hydrogen-bond acceptors (Lipinski definition) is 3. The molecule has 0 saturated heterocycles. The Hall–Kier alpha value is -2.99. The molecule has 4 aromatic rings. The molecule has 0 aliphatic heterocycles. The van der Waals surface area contributed by atoms with Gasteiger partial charge in [-0.05, 0) is 43.2 Å². The Labute approximate surface area is 170 Å². The van der Waals surface area contributed by atoms with Crippen molar-refractivity contribution in [1.82, 2.24) is 10.2 Å². The molecule has 0 atom stereocenters. The Morgan fingerprint density at radius 2 is 1.32 bits per heavy atom. The van der Waals surface area contributed by atoms with Gasteiger partial charge in [-0.3, -0.25) is 0 Å². The van der Waals surface area contributed by atoms with E-state index in [1.165, 1.54) is 11.1 Å². The molecule has 5 nitrogen and oxygen atoms in total. The molecule has 0 fully saturated rings. The first kappa shape index (κ1) is 23.0. The fourth-order valence-electron chi connectivity index (χ4n) is 2.96. The second kappa shape index (κ2) is 9.80. The minimum absolute atomic E-state index is 0. The fraction of sp³-hybridized carbons (Fsp3) is 0.0909. The van der Waals surface area contributed by atoms with Gasteiger partial charge in [-0.2, -0.15) is 0 Å². The summed E-state index contributed by atoms with van der Waals surface area (Å²) in [4.78, 5) is 0. The van der Waals surface area contributed by atoms with Gasteiger partial charge in [-0.1, -0.05) is 54.6 Å². The summed E-state index contributed by atoms with van der Waals surface area (Å²) in [6, 6.07) is 24.7. The minimum Gasteiger partial charge on any atom is -0.412 e. The zero-order chi connectivity index (χ0) is 17.2. The summed E-state index contributed by atoms with van der Waals surface area (Å²) >= 11 is 0. The SMILES string of the molecule is Cc1ccc(-c2nnc(Nc3ccccc3)c3ccccc23)cc1C.Cl.O.O. The predicted octanol–water partition coefficient (Wildman–Crippen LogP) is 4.43. The van der Waals surface area contributed by atoms with E-state index in [4.69, 9.17) is 0 Å². The second-order valence-electron chi connectivity index (χ2n) is 6.23. The Morgan fingerprint density at radius 3 is 2.00 bits per heavy atom. The summed E-state index contributed by atoms with van der Waals surface area (Å²) in [6.07, 6.45) is 0. The van der Waals surface area contributed by atoms with Gasteiger partial charge >= 0.3 is 0 Å². The van der Waals surface area contributed by atoms with Crippen molar-refractivity contribution in [2.24, 2.45) is 0 Å². The van der Waals surface area contributed by atoms with Crippen LogP contribution in [0.2, 0.25) is 0 Å². The number of rotatable bonds is 3. The standard InChI is InChI=1S/C22H19N3.ClH.2H2O/c1-15-12-13-17(14-16(15)2)21-19-10-6-7-11-20(19)22(25-24-21)23-18-8-4-3-5-9-18;;;/h3-14H,1-2H3,(H,23,25);1H;2*1H2. The van der Waals surface area contributed by atoms with Crippen molar-refractivity contribution in [2.45, 2.75) is 13.8 Å². The molecule has 4 rings (SSSR count). The van der Waals surface area contributed by atoms with Crippen LogP contribution in [-0.4, -0.2) is 21.1 Å². The van der Waals surface area contributed by atoms with Crippen LogP contribution in [0.4, 0.5) is 11.5 Å². The summed E-state index contributed by atoms with van der Waals surface area (Å²) in [6.45, 7) is 4.25. The highest BCUT2D eigenvalue weighted by molar-refractivity contribution is 6.00. The van der Waals surface area contributed by atoms with Crippen molar-refractivity contribution in [3.63, 3.8) is 0 Å². The van der Waals surface area contributed by atoms with Crippen LogP contribution in [0, 0.1) is 13.8 Å². The maximum atomic E-state index is 4.53. The third-order valence-electron chi connectivity index (χ3n) is 4.50. The largest absolute Gasteiger partial charge is 0.412 e. The molecule has 0 radical (unpaired) electrons. The lowest BCUT2D eigenvalue weighted by atomic mass is 10.0. The number of anilines is 2. The molecular weight excluding hydrogens is 374 g/mol. The van der Waals surface area contributed by atoms with Crippen LogP contribution in [0.25, 0.3) is 22.0 Å². The predicted molar refractivity (Wildman–Crippen MR) is 119 cm³/mol. The van der Waals surface area contributed by atoms with E-state index < -0.39 is 0 Å². The van der Waals surface area contributed by atoms with E-state index in [-0.39, 0.29) is 23.4 Å². The van der Waals surface area contributed by atoms with Gasteiger partial charge in [0, 0.05) is 22.0 Å². The fourth-order valence-corrected chi connectivity index (χ4v) is 2.96. The van der Waals surface area contributed by atoms with Crippen LogP contribution in [0.15, 0.2) is 72.8 Å². The van der Waals surface area contributed by atoms with Gasteiger partial charge in [-0.25, -0.2) is 0 Å². The summed E-state index contributed by atoms with van der Waals surface area (Å²) < 4.78 is 0. The van der Waals surface area contributed by atoms with E-state index in [0.717, 1.165) is 33.5 Å². The Bertz CT molecular complexity index is 1060. The molecule has 0 spiro atoms. The van der Waals surface area contributed by atoms with E-state index >= 15 is 0 Å². The lowest BCUT2D eigenvalue weighted by Crippen LogP contribution is -1.99. The molecule has 0 unspecified atom stereocenters. The normalized spacial score (nSPS) is 9.64. The van der Waals surface area contributed by atoms with Gasteiger partial charge in [0.2, 0.25) is 0 Å². The summed E-state index contributed by atoms with van der Waals surface area (Å²) in [7, 11) is 0. The smallest absolute Gasteiger partial charge is 0.161 e. The highest BCUT2D eigenvalue weighted by Gasteiger charge is 2.11. The van der Waals surface area contributed by atoms with Crippen molar-refractivity contribution in [1.29, 1.82) is 0 Å². The van der Waals surface area contributed by atoms with Crippen molar-refractivity contribution >= 4 is 34.7 Å². The van der Waals surface area contributed by atoms with E-state index in [9.17, 15) is 0 Å². The number of fused-ring (bicyclic) bond motifs is 1. The highest BCUT2D eigenvalue weighted by Crippen LogP contribution is 2.31. The number of aryl methyl sites for hydroxylation is 2. The van der Waals surface area contributed by atoms with Crippen LogP contribution >= 0.6 is 12.4 Å². The first-order valence-corrected chi connectivity index (χ1v) is 8.37. The zero-order valence-electron chi connectivity index (χ0n) is 15.7. The number of para-hydroxylation sites is 1. The van der Waals surface area contributed by atoms with Crippen LogP contribution in [0.3, 0.4) is 0 Å². The molecule has 5 N–H and O–H groups in total. The Morgan fingerprint density at radius 1 is 0.679 bits per heavy atom. The number of halogens is 1. The van der Waals surface area contributed by atoms with Crippen molar-refractivity contribution in [3.8, 4) is 11.3 Å². The molecule has 0 aliphatic carbocycles. The number of hydrogen-bond donors (Lipinski definition) is 1. The molecule has 0 saturated carbocycles. The third kappa shape index (κ3) is 4.46. The van der Waals surface area contributed by atoms with Gasteiger partial charge in [0.25, 0.3) is 0 Å². The molecule has 146 valence electrons. The summed E-state index contributed by atoms with van der Waals surface area (Å²) in [5, 5.41) is 14.5. The first-order chi connectivity index (χ1) is 12.2. The maximum absolute atomic E-state index is 4.53. The second-order valence-corrected chi connectivity index (χ2v) is 6.23. The first-order valence-electron chi connectivity index (χ1n) is 8.37. The van der Waals surface area contributed by atoms with Gasteiger partial charge < -0.3 is 16.3 Å². The van der Waals surface area contributed by atoms with Gasteiger partial charge in [0.1, 0.15) is 5.69 Å². The molecule has 0 aliphatic rings. The molecule has 1 aromatic heterocycles. The van der Waals surface area contributed by atoms with E-state index in [0.29, 0.717) is 0 Å². The van der Waals surface area contributed by atoms with Crippen LogP contribution in [0.1, 0.15) is 11.1 Å². The van der Waals surface area contributed by atoms with Gasteiger partial charge in [0.05, 0.1) is 0 Å². The minimum atomic E-state index is 0. The van der Waals surface area contributed by atoms with Gasteiger partial charge in [0.15, 0.2) is 5.82 Å². The third-order valence-corrected chi connectivity index (χ3v) is 4.50. The van der Waals surface area contributed by atoms with Crippen LogP contribution in [-0.2, 0) is 0 Å². The molecule has 6 heteroatoms. The van der Waals surface area contributed by atoms with Crippen LogP contribution < -0.4 is 5.32 Å². The zero-order valence-corrected chi connectivity index (χ0v) is 16.5. The average molecular weight is 398 g/mol. The molecule has 0 amide bonds. The van der Waals surface area contributed by atoms with E-state index in [1.807, 2.05) is 42.5 Å². The molecule has 3 aromatic carbocycles. The summed E-state index contributed by atoms with van der Waals surface area (Å²) in [5.41, 5.74) is 5.55. The van der Waals surface area contributed by atoms with E-state index in [2.05, 4.69) is 59.7 Å². The molecule has 28 heavy (non-hydrogen) atoms. The average Bonchev–Trinajstić information content (AvgIpc) is 2.65. The Kier molecular flexibility index (Phi) is 8.07. The monoisotopic (exact) mass is 397 g/mol. The number of aromatic nitrogens is 2. The summed E-state index contributed by atoms with van der Waals surface area (Å²) in [5.74, 6) is 0.773. The van der Waals surface area contributed by atoms with Crippen LogP contribution in [0.5, 0.6) is 0 Å². The molecule has 1 heterocycles. The van der Waals surface area contributed by atoms with Crippen molar-refractivity contribution in [3.05, 3.63) is 83.9 Å². The number of benzene rings is 3. The van der Waals surface area contributed by atoms with Crippen molar-refractivity contribution in [2.75, 3.05) is 5.32 Å². The number of nitrogens with one attached hydrogen (secondary N) is 1. The lowest BCUT2D eigenvalue weighted by Gasteiger charge is -2.12. The maximum Gasteiger partial charge on any atom is 0.161 e. The highest BCUT2D eigenvalue weighted by atomic mass is 35.5. The molecule has 0 bridgehead atoms. The van der Waals surface area contributed by atoms with Gasteiger partial charge in [-0.15, -0.1) is 22.6 Å².